The molecule has 12 heteroatoms. The zero-order chi connectivity index (χ0) is 26.7. The van der Waals surface area contributed by atoms with Gasteiger partial charge in [0.1, 0.15) is 5.82 Å². The topological polar surface area (TPSA) is 116 Å². The van der Waals surface area contributed by atoms with Gasteiger partial charge in [0.05, 0.1) is 29.0 Å². The number of esters is 1. The van der Waals surface area contributed by atoms with E-state index < -0.39 is 27.9 Å². The third-order valence-corrected chi connectivity index (χ3v) is 6.46. The number of amides is 2. The number of imide groups is 1. The van der Waals surface area contributed by atoms with Gasteiger partial charge in [-0.15, -0.1) is 0 Å². The van der Waals surface area contributed by atoms with E-state index in [0.29, 0.717) is 11.1 Å². The van der Waals surface area contributed by atoms with Crippen molar-refractivity contribution < 1.29 is 33.2 Å². The second-order valence-electron chi connectivity index (χ2n) is 7.61. The van der Waals surface area contributed by atoms with Crippen LogP contribution in [0.25, 0.3) is 6.08 Å². The smallest absolute Gasteiger partial charge is 0.343 e. The van der Waals surface area contributed by atoms with Crippen LogP contribution in [0, 0.1) is 15.9 Å². The van der Waals surface area contributed by atoms with Gasteiger partial charge in [0.25, 0.3) is 16.8 Å². The van der Waals surface area contributed by atoms with Gasteiger partial charge in [0.15, 0.2) is 11.5 Å². The van der Waals surface area contributed by atoms with Gasteiger partial charge in [-0.25, -0.2) is 9.18 Å². The number of non-ortho nitro benzene ring substituents is 1. The lowest BCUT2D eigenvalue weighted by atomic mass is 10.1. The molecule has 4 rings (SSSR count). The fourth-order valence-electron chi connectivity index (χ4n) is 3.37. The largest absolute Gasteiger partial charge is 0.493 e. The van der Waals surface area contributed by atoms with Crippen molar-refractivity contribution in [2.24, 2.45) is 0 Å². The Hall–Kier alpha value is -4.22. The van der Waals surface area contributed by atoms with Crippen molar-refractivity contribution in [2.45, 2.75) is 6.54 Å². The van der Waals surface area contributed by atoms with Gasteiger partial charge in [-0.2, -0.15) is 0 Å². The summed E-state index contributed by atoms with van der Waals surface area (Å²) in [4.78, 5) is 49.3. The van der Waals surface area contributed by atoms with E-state index in [1.54, 1.807) is 6.07 Å². The molecule has 1 aliphatic rings. The molecule has 0 N–H and O–H groups in total. The first-order chi connectivity index (χ1) is 17.7. The van der Waals surface area contributed by atoms with E-state index in [4.69, 9.17) is 21.1 Å². The van der Waals surface area contributed by atoms with Crippen molar-refractivity contribution in [3.8, 4) is 11.5 Å². The van der Waals surface area contributed by atoms with Crippen molar-refractivity contribution in [2.75, 3.05) is 7.11 Å². The molecule has 0 spiro atoms. The minimum absolute atomic E-state index is 0.0183. The highest BCUT2D eigenvalue weighted by molar-refractivity contribution is 8.18. The van der Waals surface area contributed by atoms with E-state index in [-0.39, 0.29) is 39.2 Å². The summed E-state index contributed by atoms with van der Waals surface area (Å²) < 4.78 is 23.9. The third-order valence-electron chi connectivity index (χ3n) is 5.20. The summed E-state index contributed by atoms with van der Waals surface area (Å²) in [6.07, 6.45) is 1.48. The number of ether oxygens (including phenoxy) is 2. The van der Waals surface area contributed by atoms with Crippen LogP contribution < -0.4 is 9.47 Å². The van der Waals surface area contributed by atoms with E-state index in [1.165, 1.54) is 55.7 Å². The molecule has 0 unspecified atom stereocenters. The predicted octanol–water partition coefficient (Wildman–Crippen LogP) is 5.85. The molecule has 2 amide bonds. The number of halogens is 2. The molecule has 0 saturated carbocycles. The van der Waals surface area contributed by atoms with E-state index in [1.807, 2.05) is 0 Å². The molecule has 1 fully saturated rings. The van der Waals surface area contributed by atoms with Gasteiger partial charge in [0, 0.05) is 17.2 Å². The summed E-state index contributed by atoms with van der Waals surface area (Å²) in [6, 6.07) is 13.3. The van der Waals surface area contributed by atoms with Gasteiger partial charge in [0.2, 0.25) is 0 Å². The minimum Gasteiger partial charge on any atom is -0.493 e. The van der Waals surface area contributed by atoms with Gasteiger partial charge < -0.3 is 9.47 Å². The van der Waals surface area contributed by atoms with Crippen LogP contribution in [0.1, 0.15) is 21.5 Å². The summed E-state index contributed by atoms with van der Waals surface area (Å²) in [6.45, 7) is -0.114. The number of hydrogen-bond donors (Lipinski definition) is 0. The molecule has 0 bridgehead atoms. The maximum Gasteiger partial charge on any atom is 0.343 e. The first-order valence-electron chi connectivity index (χ1n) is 10.5. The van der Waals surface area contributed by atoms with Crippen LogP contribution in [0.2, 0.25) is 5.02 Å². The number of benzene rings is 3. The number of thioether (sulfide) groups is 1. The molecule has 3 aromatic carbocycles. The lowest BCUT2D eigenvalue weighted by molar-refractivity contribution is -0.384. The number of rotatable bonds is 7. The highest BCUT2D eigenvalue weighted by Gasteiger charge is 2.35. The Kier molecular flexibility index (Phi) is 7.55. The highest BCUT2D eigenvalue weighted by atomic mass is 35.5. The third kappa shape index (κ3) is 5.79. The molecule has 9 nitrogen and oxygen atoms in total. The normalized spacial score (nSPS) is 14.2. The van der Waals surface area contributed by atoms with Gasteiger partial charge in [-0.3, -0.25) is 24.6 Å². The standard InChI is InChI=1S/C25H16ClFN2O7S/c1-35-21-9-14(5-8-20(21)36-24(31)15-3-2-4-18(11-15)29(33)34)10-22-23(30)28(25(32)37-22)13-16-6-7-17(27)12-19(16)26/h2-12H,13H2,1H3/b22-10-. The molecule has 188 valence electrons. The molecular formula is C25H16ClFN2O7S. The summed E-state index contributed by atoms with van der Waals surface area (Å²) >= 11 is 6.76. The van der Waals surface area contributed by atoms with Crippen molar-refractivity contribution in [3.63, 3.8) is 0 Å². The predicted molar refractivity (Wildman–Crippen MR) is 134 cm³/mol. The zero-order valence-corrected chi connectivity index (χ0v) is 20.5. The summed E-state index contributed by atoms with van der Waals surface area (Å²) in [5, 5.41) is 10.5. The van der Waals surface area contributed by atoms with E-state index in [2.05, 4.69) is 0 Å². The van der Waals surface area contributed by atoms with Crippen molar-refractivity contribution in [3.05, 3.63) is 103 Å². The maximum atomic E-state index is 13.3. The van der Waals surface area contributed by atoms with Crippen LogP contribution in [0.15, 0.2) is 65.6 Å². The van der Waals surface area contributed by atoms with Gasteiger partial charge in [-0.05, 0) is 59.3 Å². The Labute approximate surface area is 218 Å². The number of nitro groups is 1. The molecule has 0 atom stereocenters. The van der Waals surface area contributed by atoms with Crippen LogP contribution in [0.4, 0.5) is 14.9 Å². The highest BCUT2D eigenvalue weighted by Crippen LogP contribution is 2.36. The van der Waals surface area contributed by atoms with Gasteiger partial charge in [-0.1, -0.05) is 29.8 Å². The molecule has 3 aromatic rings. The molecule has 0 aromatic heterocycles. The summed E-state index contributed by atoms with van der Waals surface area (Å²) in [5.41, 5.74) is 0.628. The van der Waals surface area contributed by atoms with Crippen LogP contribution in [0.5, 0.6) is 11.5 Å². The van der Waals surface area contributed by atoms with Crippen molar-refractivity contribution in [1.82, 2.24) is 4.90 Å². The molecule has 1 aliphatic heterocycles. The summed E-state index contributed by atoms with van der Waals surface area (Å²) in [5.74, 6) is -1.69. The Morgan fingerprint density at radius 1 is 1.14 bits per heavy atom. The van der Waals surface area contributed by atoms with Crippen molar-refractivity contribution in [1.29, 1.82) is 0 Å². The van der Waals surface area contributed by atoms with Crippen LogP contribution >= 0.6 is 23.4 Å². The second-order valence-corrected chi connectivity index (χ2v) is 9.01. The molecular weight excluding hydrogens is 527 g/mol. The number of carbonyl (C=O) groups excluding carboxylic acids is 3. The average Bonchev–Trinajstić information content (AvgIpc) is 3.13. The van der Waals surface area contributed by atoms with E-state index in [0.717, 1.165) is 28.8 Å². The first-order valence-corrected chi connectivity index (χ1v) is 11.7. The fourth-order valence-corrected chi connectivity index (χ4v) is 4.44. The lowest BCUT2D eigenvalue weighted by Gasteiger charge is -2.13. The molecule has 1 heterocycles. The Balaban J connectivity index is 1.52. The molecule has 37 heavy (non-hydrogen) atoms. The Morgan fingerprint density at radius 3 is 2.62 bits per heavy atom. The first kappa shape index (κ1) is 25.9. The number of hydrogen-bond acceptors (Lipinski definition) is 8. The molecule has 0 radical (unpaired) electrons. The summed E-state index contributed by atoms with van der Waals surface area (Å²) in [7, 11) is 1.35. The van der Waals surface area contributed by atoms with E-state index in [9.17, 15) is 28.9 Å². The molecule has 1 saturated heterocycles. The molecule has 0 aliphatic carbocycles. The Morgan fingerprint density at radius 2 is 1.92 bits per heavy atom. The van der Waals surface area contributed by atoms with Crippen LogP contribution in [-0.4, -0.2) is 34.0 Å². The fraction of sp³-hybridized carbons (Fsp3) is 0.0800. The number of nitrogens with zero attached hydrogens (tertiary/aromatic N) is 2. The number of methoxy groups -OCH3 is 1. The van der Waals surface area contributed by atoms with E-state index >= 15 is 0 Å². The number of carbonyl (C=O) groups is 3. The SMILES string of the molecule is COc1cc(/C=C2\SC(=O)N(Cc3ccc(F)cc3Cl)C2=O)ccc1OC(=O)c1cccc([N+](=O)[O-])c1. The minimum atomic E-state index is -0.824. The van der Waals surface area contributed by atoms with Gasteiger partial charge >= 0.3 is 5.97 Å². The Bertz CT molecular complexity index is 1480. The van der Waals surface area contributed by atoms with Crippen LogP contribution in [-0.2, 0) is 11.3 Å². The number of nitro benzene ring substituents is 1. The monoisotopic (exact) mass is 542 g/mol. The van der Waals surface area contributed by atoms with Crippen molar-refractivity contribution >= 4 is 52.2 Å². The second kappa shape index (κ2) is 10.8. The average molecular weight is 543 g/mol. The quantitative estimate of drug-likeness (QED) is 0.120. The zero-order valence-electron chi connectivity index (χ0n) is 19.0. The maximum absolute atomic E-state index is 13.3. The van der Waals surface area contributed by atoms with Crippen LogP contribution in [0.3, 0.4) is 0 Å². The lowest BCUT2D eigenvalue weighted by Crippen LogP contribution is -2.27.